The lowest BCUT2D eigenvalue weighted by Gasteiger charge is -2.39. The Morgan fingerprint density at radius 2 is 1.96 bits per heavy atom. The van der Waals surface area contributed by atoms with Crippen molar-refractivity contribution in [2.45, 2.75) is 63.8 Å². The van der Waals surface area contributed by atoms with E-state index in [0.717, 1.165) is 18.4 Å². The minimum Gasteiger partial charge on any atom is -0.470 e. The number of aliphatic hydroxyl groups excluding tert-OH is 4. The van der Waals surface area contributed by atoms with E-state index in [1.807, 2.05) is 0 Å². The lowest BCUT2D eigenvalue weighted by molar-refractivity contribution is -0.288. The van der Waals surface area contributed by atoms with Crippen molar-refractivity contribution in [3.05, 3.63) is 11.8 Å². The van der Waals surface area contributed by atoms with Gasteiger partial charge in [-0.3, -0.25) is 4.79 Å². The summed E-state index contributed by atoms with van der Waals surface area (Å²) in [5.41, 5.74) is 0.735. The molecule has 7 atom stereocenters. The molecule has 1 saturated carbocycles. The van der Waals surface area contributed by atoms with Crippen molar-refractivity contribution in [3.63, 3.8) is 0 Å². The van der Waals surface area contributed by atoms with Crippen LogP contribution in [-0.2, 0) is 14.3 Å². The van der Waals surface area contributed by atoms with Crippen LogP contribution >= 0.6 is 0 Å². The van der Waals surface area contributed by atoms with Gasteiger partial charge in [-0.1, -0.05) is 6.92 Å². The fraction of sp³-hybridized carbons (Fsp3) is 0.812. The SMILES string of the molecule is C/C(=C\O[C@@H]1O[C@@H](CO)[C@@H](O)[C@@H](O)[C@@H]1O)C1CCC(C)CC1=O. The number of hydrogen-bond donors (Lipinski definition) is 4. The molecule has 1 aliphatic heterocycles. The third-order valence-electron chi connectivity index (χ3n) is 4.67. The van der Waals surface area contributed by atoms with Crippen LogP contribution in [0.15, 0.2) is 11.8 Å². The van der Waals surface area contributed by atoms with Crippen LogP contribution in [0.5, 0.6) is 0 Å². The van der Waals surface area contributed by atoms with Crippen molar-refractivity contribution in [1.29, 1.82) is 0 Å². The molecule has 0 amide bonds. The standard InChI is InChI=1S/C16H26O7/c1-8-3-4-10(11(18)5-8)9(2)7-22-16-15(21)14(20)13(19)12(6-17)23-16/h7-8,10,12-17,19-21H,3-6H2,1-2H3/b9-7+/t8?,10?,12-,13+,14+,15-,16+/m0/s1. The van der Waals surface area contributed by atoms with Crippen molar-refractivity contribution >= 4 is 5.78 Å². The van der Waals surface area contributed by atoms with Gasteiger partial charge in [-0.05, 0) is 31.3 Å². The maximum atomic E-state index is 12.1. The smallest absolute Gasteiger partial charge is 0.228 e. The van der Waals surface area contributed by atoms with Crippen LogP contribution in [0.25, 0.3) is 0 Å². The zero-order chi connectivity index (χ0) is 17.1. The number of ether oxygens (including phenoxy) is 2. The molecule has 2 rings (SSSR count). The lowest BCUT2D eigenvalue weighted by atomic mass is 9.79. The van der Waals surface area contributed by atoms with Crippen LogP contribution < -0.4 is 0 Å². The summed E-state index contributed by atoms with van der Waals surface area (Å²) >= 11 is 0. The first-order valence-electron chi connectivity index (χ1n) is 8.00. The Morgan fingerprint density at radius 3 is 2.57 bits per heavy atom. The van der Waals surface area contributed by atoms with E-state index in [-0.39, 0.29) is 11.7 Å². The van der Waals surface area contributed by atoms with Gasteiger partial charge >= 0.3 is 0 Å². The molecule has 7 nitrogen and oxygen atoms in total. The third-order valence-corrected chi connectivity index (χ3v) is 4.67. The number of carbonyl (C=O) groups is 1. The molecule has 1 aliphatic carbocycles. The predicted octanol–water partition coefficient (Wildman–Crippen LogP) is -0.288. The maximum absolute atomic E-state index is 12.1. The summed E-state index contributed by atoms with van der Waals surface area (Å²) in [6.07, 6.45) is -2.90. The molecule has 0 spiro atoms. The second-order valence-corrected chi connectivity index (χ2v) is 6.60. The number of carbonyl (C=O) groups excluding carboxylic acids is 1. The molecule has 132 valence electrons. The van der Waals surface area contributed by atoms with Crippen LogP contribution in [0, 0.1) is 11.8 Å². The second kappa shape index (κ2) is 7.72. The van der Waals surface area contributed by atoms with E-state index in [1.165, 1.54) is 6.26 Å². The van der Waals surface area contributed by atoms with E-state index < -0.39 is 37.3 Å². The van der Waals surface area contributed by atoms with Gasteiger partial charge in [0.15, 0.2) is 0 Å². The van der Waals surface area contributed by atoms with Gasteiger partial charge in [-0.25, -0.2) is 0 Å². The van der Waals surface area contributed by atoms with Gasteiger partial charge < -0.3 is 29.9 Å². The van der Waals surface area contributed by atoms with Crippen molar-refractivity contribution < 1.29 is 34.7 Å². The molecule has 0 aromatic rings. The van der Waals surface area contributed by atoms with Gasteiger partial charge in [0.2, 0.25) is 6.29 Å². The highest BCUT2D eigenvalue weighted by Crippen LogP contribution is 2.31. The van der Waals surface area contributed by atoms with Gasteiger partial charge in [0, 0.05) is 12.3 Å². The van der Waals surface area contributed by atoms with Gasteiger partial charge in [0.05, 0.1) is 12.9 Å². The minimum absolute atomic E-state index is 0.176. The van der Waals surface area contributed by atoms with Crippen molar-refractivity contribution in [3.8, 4) is 0 Å². The van der Waals surface area contributed by atoms with E-state index in [0.29, 0.717) is 12.3 Å². The van der Waals surface area contributed by atoms with Gasteiger partial charge in [-0.15, -0.1) is 0 Å². The zero-order valence-corrected chi connectivity index (χ0v) is 13.5. The molecule has 1 saturated heterocycles. The summed E-state index contributed by atoms with van der Waals surface area (Å²) in [4.78, 5) is 12.1. The molecule has 2 unspecified atom stereocenters. The molecule has 4 N–H and O–H groups in total. The number of hydrogen-bond acceptors (Lipinski definition) is 7. The summed E-state index contributed by atoms with van der Waals surface area (Å²) in [5.74, 6) is 0.379. The highest BCUT2D eigenvalue weighted by atomic mass is 16.7. The Bertz CT molecular complexity index is 448. The average molecular weight is 330 g/mol. The summed E-state index contributed by atoms with van der Waals surface area (Å²) in [6.45, 7) is 3.33. The molecule has 2 aliphatic rings. The topological polar surface area (TPSA) is 116 Å². The van der Waals surface area contributed by atoms with Crippen molar-refractivity contribution in [2.24, 2.45) is 11.8 Å². The predicted molar refractivity (Wildman–Crippen MR) is 80.1 cm³/mol. The Balaban J connectivity index is 1.99. The van der Waals surface area contributed by atoms with Crippen molar-refractivity contribution in [1.82, 2.24) is 0 Å². The van der Waals surface area contributed by atoms with E-state index in [4.69, 9.17) is 14.6 Å². The number of ketones is 1. The molecular formula is C16H26O7. The van der Waals surface area contributed by atoms with Crippen molar-refractivity contribution in [2.75, 3.05) is 6.61 Å². The molecule has 1 heterocycles. The summed E-state index contributed by atoms with van der Waals surface area (Å²) in [6, 6.07) is 0. The summed E-state index contributed by atoms with van der Waals surface area (Å²) in [5, 5.41) is 38.4. The molecule has 0 aromatic carbocycles. The third kappa shape index (κ3) is 4.10. The highest BCUT2D eigenvalue weighted by molar-refractivity contribution is 5.84. The normalized spacial score (nSPS) is 42.6. The Hall–Kier alpha value is -0.990. The Labute approximate surface area is 135 Å². The Morgan fingerprint density at radius 1 is 1.26 bits per heavy atom. The highest BCUT2D eigenvalue weighted by Gasteiger charge is 2.44. The summed E-state index contributed by atoms with van der Waals surface area (Å²) < 4.78 is 10.6. The number of rotatable bonds is 4. The van der Waals surface area contributed by atoms with E-state index in [1.54, 1.807) is 6.92 Å². The maximum Gasteiger partial charge on any atom is 0.228 e. The van der Waals surface area contributed by atoms with Gasteiger partial charge in [0.1, 0.15) is 30.2 Å². The number of Topliss-reactive ketones (excluding diaryl/α,β-unsaturated/α-hetero) is 1. The first-order chi connectivity index (χ1) is 10.8. The minimum atomic E-state index is -1.48. The van der Waals surface area contributed by atoms with E-state index in [9.17, 15) is 20.1 Å². The molecule has 0 aromatic heterocycles. The average Bonchev–Trinajstić information content (AvgIpc) is 2.51. The fourth-order valence-electron chi connectivity index (χ4n) is 3.12. The molecule has 0 radical (unpaired) electrons. The molecule has 23 heavy (non-hydrogen) atoms. The zero-order valence-electron chi connectivity index (χ0n) is 13.5. The summed E-state index contributed by atoms with van der Waals surface area (Å²) in [7, 11) is 0. The van der Waals surface area contributed by atoms with E-state index in [2.05, 4.69) is 6.92 Å². The quantitative estimate of drug-likeness (QED) is 0.523. The lowest BCUT2D eigenvalue weighted by Crippen LogP contribution is -2.58. The van der Waals surface area contributed by atoms with Crippen LogP contribution in [-0.4, -0.2) is 63.5 Å². The monoisotopic (exact) mass is 330 g/mol. The molecule has 2 fully saturated rings. The molecule has 0 bridgehead atoms. The van der Waals surface area contributed by atoms with Gasteiger partial charge in [-0.2, -0.15) is 0 Å². The molecular weight excluding hydrogens is 304 g/mol. The van der Waals surface area contributed by atoms with Crippen LogP contribution in [0.1, 0.15) is 33.1 Å². The van der Waals surface area contributed by atoms with Crippen LogP contribution in [0.2, 0.25) is 0 Å². The second-order valence-electron chi connectivity index (χ2n) is 6.60. The largest absolute Gasteiger partial charge is 0.470 e. The van der Waals surface area contributed by atoms with Gasteiger partial charge in [0.25, 0.3) is 0 Å². The first kappa shape index (κ1) is 18.4. The van der Waals surface area contributed by atoms with E-state index >= 15 is 0 Å². The number of aliphatic hydroxyl groups is 4. The fourth-order valence-corrected chi connectivity index (χ4v) is 3.12. The Kier molecular flexibility index (Phi) is 6.16. The van der Waals surface area contributed by atoms with Crippen LogP contribution in [0.4, 0.5) is 0 Å². The first-order valence-corrected chi connectivity index (χ1v) is 8.00. The molecule has 7 heteroatoms. The van der Waals surface area contributed by atoms with Crippen LogP contribution in [0.3, 0.4) is 0 Å². The number of allylic oxidation sites excluding steroid dienone is 1.